The Morgan fingerprint density at radius 1 is 1.20 bits per heavy atom. The van der Waals surface area contributed by atoms with Gasteiger partial charge in [-0.3, -0.25) is 19.8 Å². The highest BCUT2D eigenvalue weighted by atomic mass is 32.1. The number of nitrogens with zero attached hydrogens (tertiary/aromatic N) is 3. The molecule has 0 saturated carbocycles. The molecule has 0 saturated heterocycles. The molecule has 7 nitrogen and oxygen atoms in total. The first-order valence-corrected chi connectivity index (χ1v) is 10.3. The molecule has 152 valence electrons. The van der Waals surface area contributed by atoms with Gasteiger partial charge in [-0.25, -0.2) is 4.98 Å². The summed E-state index contributed by atoms with van der Waals surface area (Å²) in [6, 6.07) is 16.3. The lowest BCUT2D eigenvalue weighted by atomic mass is 10.1. The number of aromatic nitrogens is 2. The van der Waals surface area contributed by atoms with Gasteiger partial charge < -0.3 is 4.98 Å². The van der Waals surface area contributed by atoms with Gasteiger partial charge >= 0.3 is 0 Å². The van der Waals surface area contributed by atoms with Crippen LogP contribution in [0.2, 0.25) is 0 Å². The van der Waals surface area contributed by atoms with Crippen molar-refractivity contribution in [3.05, 3.63) is 91.8 Å². The summed E-state index contributed by atoms with van der Waals surface area (Å²) in [6.07, 6.45) is 0. The number of aromatic amines is 1. The van der Waals surface area contributed by atoms with Crippen molar-refractivity contribution in [2.24, 2.45) is 0 Å². The minimum atomic E-state index is -0.399. The number of H-pyrrole nitrogens is 1. The quantitative estimate of drug-likeness (QED) is 0.359. The van der Waals surface area contributed by atoms with Crippen LogP contribution in [0.15, 0.2) is 64.8 Å². The third kappa shape index (κ3) is 3.87. The second-order valence-corrected chi connectivity index (χ2v) is 8.01. The number of non-ortho nitro benzene ring substituents is 1. The van der Waals surface area contributed by atoms with Crippen molar-refractivity contribution in [2.75, 3.05) is 7.05 Å². The van der Waals surface area contributed by atoms with Crippen LogP contribution in [0.25, 0.3) is 21.3 Å². The van der Waals surface area contributed by atoms with E-state index in [1.54, 1.807) is 12.1 Å². The topological polar surface area (TPSA) is 92.1 Å². The maximum atomic E-state index is 12.8. The second kappa shape index (κ2) is 8.17. The smallest absolute Gasteiger partial charge is 0.269 e. The van der Waals surface area contributed by atoms with Gasteiger partial charge in [0.05, 0.1) is 16.9 Å². The van der Waals surface area contributed by atoms with Crippen molar-refractivity contribution < 1.29 is 4.92 Å². The highest BCUT2D eigenvalue weighted by Gasteiger charge is 2.18. The number of nitrogens with one attached hydrogen (secondary N) is 1. The molecule has 2 heterocycles. The van der Waals surface area contributed by atoms with Crippen LogP contribution < -0.4 is 5.56 Å². The number of hydrogen-bond acceptors (Lipinski definition) is 6. The fourth-order valence-electron chi connectivity index (χ4n) is 3.42. The monoisotopic (exact) mass is 420 g/mol. The van der Waals surface area contributed by atoms with Crippen molar-refractivity contribution in [1.82, 2.24) is 14.9 Å². The van der Waals surface area contributed by atoms with Crippen molar-refractivity contribution in [3.8, 4) is 11.1 Å². The van der Waals surface area contributed by atoms with Crippen molar-refractivity contribution in [3.63, 3.8) is 0 Å². The largest absolute Gasteiger partial charge is 0.309 e. The fraction of sp³-hybridized carbons (Fsp3) is 0.182. The van der Waals surface area contributed by atoms with Crippen LogP contribution in [-0.2, 0) is 6.54 Å². The Morgan fingerprint density at radius 3 is 2.70 bits per heavy atom. The molecule has 30 heavy (non-hydrogen) atoms. The lowest BCUT2D eigenvalue weighted by Gasteiger charge is -2.24. The number of fused-ring (bicyclic) bond motifs is 1. The maximum absolute atomic E-state index is 12.8. The average molecular weight is 420 g/mol. The third-order valence-corrected chi connectivity index (χ3v) is 6.07. The molecule has 0 fully saturated rings. The average Bonchev–Trinajstić information content (AvgIpc) is 3.18. The summed E-state index contributed by atoms with van der Waals surface area (Å²) in [6.45, 7) is 2.38. The highest BCUT2D eigenvalue weighted by Crippen LogP contribution is 2.31. The predicted molar refractivity (Wildman–Crippen MR) is 119 cm³/mol. The summed E-state index contributed by atoms with van der Waals surface area (Å²) in [5, 5.41) is 13.6. The number of benzene rings is 2. The minimum absolute atomic E-state index is 0.0627. The van der Waals surface area contributed by atoms with Gasteiger partial charge in [0.25, 0.3) is 11.2 Å². The zero-order chi connectivity index (χ0) is 21.3. The maximum Gasteiger partial charge on any atom is 0.269 e. The molecule has 1 unspecified atom stereocenters. The molecule has 1 N–H and O–H groups in total. The van der Waals surface area contributed by atoms with E-state index in [0.717, 1.165) is 16.7 Å². The number of nitro benzene ring substituents is 1. The first kappa shape index (κ1) is 19.9. The molecule has 0 bridgehead atoms. The van der Waals surface area contributed by atoms with Gasteiger partial charge in [0.15, 0.2) is 0 Å². The zero-order valence-corrected chi connectivity index (χ0v) is 17.3. The zero-order valence-electron chi connectivity index (χ0n) is 16.5. The second-order valence-electron chi connectivity index (χ2n) is 7.15. The Morgan fingerprint density at radius 2 is 1.97 bits per heavy atom. The van der Waals surface area contributed by atoms with Crippen molar-refractivity contribution in [1.29, 1.82) is 0 Å². The lowest BCUT2D eigenvalue weighted by Crippen LogP contribution is -2.25. The number of nitro groups is 1. The van der Waals surface area contributed by atoms with Gasteiger partial charge in [-0.15, -0.1) is 11.3 Å². The normalized spacial score (nSPS) is 12.4. The molecule has 0 aliphatic rings. The summed E-state index contributed by atoms with van der Waals surface area (Å²) in [5.74, 6) is 0.564. The van der Waals surface area contributed by atoms with Crippen LogP contribution >= 0.6 is 11.3 Å². The van der Waals surface area contributed by atoms with Gasteiger partial charge in [-0.05, 0) is 25.1 Å². The summed E-state index contributed by atoms with van der Waals surface area (Å²) >= 11 is 1.45. The molecular formula is C22H20N4O3S. The van der Waals surface area contributed by atoms with E-state index in [-0.39, 0.29) is 17.3 Å². The molecule has 2 aromatic carbocycles. The molecular weight excluding hydrogens is 400 g/mol. The first-order valence-electron chi connectivity index (χ1n) is 9.44. The Labute approximate surface area is 176 Å². The van der Waals surface area contributed by atoms with Gasteiger partial charge in [-0.2, -0.15) is 0 Å². The van der Waals surface area contributed by atoms with Crippen LogP contribution in [0.3, 0.4) is 0 Å². The summed E-state index contributed by atoms with van der Waals surface area (Å²) in [7, 11) is 1.90. The molecule has 8 heteroatoms. The van der Waals surface area contributed by atoms with E-state index in [0.29, 0.717) is 22.6 Å². The lowest BCUT2D eigenvalue weighted by molar-refractivity contribution is -0.384. The molecule has 0 radical (unpaired) electrons. The van der Waals surface area contributed by atoms with Gasteiger partial charge in [0.1, 0.15) is 10.7 Å². The molecule has 0 spiro atoms. The molecule has 2 aromatic heterocycles. The van der Waals surface area contributed by atoms with E-state index >= 15 is 0 Å². The molecule has 1 atom stereocenters. The van der Waals surface area contributed by atoms with E-state index in [1.165, 1.54) is 17.4 Å². The van der Waals surface area contributed by atoms with E-state index in [9.17, 15) is 14.9 Å². The highest BCUT2D eigenvalue weighted by molar-refractivity contribution is 7.17. The number of hydrogen-bond donors (Lipinski definition) is 1. The van der Waals surface area contributed by atoms with E-state index in [4.69, 9.17) is 0 Å². The van der Waals surface area contributed by atoms with E-state index < -0.39 is 4.92 Å². The Kier molecular flexibility index (Phi) is 5.43. The van der Waals surface area contributed by atoms with Crippen LogP contribution in [0.1, 0.15) is 24.4 Å². The van der Waals surface area contributed by atoms with Crippen LogP contribution in [0.5, 0.6) is 0 Å². The molecule has 0 aliphatic heterocycles. The van der Waals surface area contributed by atoms with Crippen molar-refractivity contribution >= 4 is 27.2 Å². The summed E-state index contributed by atoms with van der Waals surface area (Å²) in [4.78, 5) is 33.7. The molecule has 0 aliphatic carbocycles. The third-order valence-electron chi connectivity index (χ3n) is 5.20. The van der Waals surface area contributed by atoms with Crippen LogP contribution in [0.4, 0.5) is 5.69 Å². The fourth-order valence-corrected chi connectivity index (χ4v) is 4.39. The van der Waals surface area contributed by atoms with Gasteiger partial charge in [0, 0.05) is 29.1 Å². The SMILES string of the molecule is CC(c1cccc([N+](=O)[O-])c1)N(C)Cc1nc2scc(-c3ccccc3)c2c(=O)[nH]1. The Bertz CT molecular complexity index is 1270. The Balaban J connectivity index is 1.60. The number of rotatable bonds is 6. The van der Waals surface area contributed by atoms with Gasteiger partial charge in [-0.1, -0.05) is 42.5 Å². The predicted octanol–water partition coefficient (Wildman–Crippen LogP) is 4.75. The van der Waals surface area contributed by atoms with Crippen molar-refractivity contribution in [2.45, 2.75) is 19.5 Å². The number of thiophene rings is 1. The van der Waals surface area contributed by atoms with E-state index in [1.807, 2.05) is 60.6 Å². The van der Waals surface area contributed by atoms with Crippen LogP contribution in [-0.4, -0.2) is 26.8 Å². The van der Waals surface area contributed by atoms with Gasteiger partial charge in [0.2, 0.25) is 0 Å². The molecule has 4 rings (SSSR count). The molecule has 4 aromatic rings. The summed E-state index contributed by atoms with van der Waals surface area (Å²) in [5.41, 5.74) is 2.60. The summed E-state index contributed by atoms with van der Waals surface area (Å²) < 4.78 is 0. The molecule has 0 amide bonds. The standard InChI is InChI=1S/C22H20N4O3S/c1-14(16-9-6-10-17(11-16)26(28)29)25(2)12-19-23-21(27)20-18(13-30-22(20)24-19)15-7-4-3-5-8-15/h3-11,13-14H,12H2,1-2H3,(H,23,24,27). The Hall–Kier alpha value is -3.36. The van der Waals surface area contributed by atoms with Crippen LogP contribution in [0, 0.1) is 10.1 Å². The minimum Gasteiger partial charge on any atom is -0.309 e. The van der Waals surface area contributed by atoms with E-state index in [2.05, 4.69) is 9.97 Å². The first-order chi connectivity index (χ1) is 14.4.